The van der Waals surface area contributed by atoms with Gasteiger partial charge in [0.2, 0.25) is 5.95 Å². The van der Waals surface area contributed by atoms with Crippen LogP contribution in [0.5, 0.6) is 0 Å². The summed E-state index contributed by atoms with van der Waals surface area (Å²) >= 11 is -1.03. The third kappa shape index (κ3) is 5.66. The Morgan fingerprint density at radius 2 is 1.68 bits per heavy atom. The molecule has 2 aromatic heterocycles. The van der Waals surface area contributed by atoms with Crippen molar-refractivity contribution < 1.29 is 9.35 Å². The Bertz CT molecular complexity index is 1560. The molecule has 0 saturated carbocycles. The van der Waals surface area contributed by atoms with Crippen LogP contribution in [0, 0.1) is 13.8 Å². The minimum absolute atomic E-state index is 0.108. The number of nitrogens with zero attached hydrogens (tertiary/aromatic N) is 3. The Kier molecular flexibility index (Phi) is 6.94. The van der Waals surface area contributed by atoms with Crippen molar-refractivity contribution in [1.29, 1.82) is 0 Å². The van der Waals surface area contributed by atoms with Crippen LogP contribution in [0.1, 0.15) is 27.0 Å². The Morgan fingerprint density at radius 3 is 2.38 bits per heavy atom. The first-order valence-electron chi connectivity index (χ1n) is 11.9. The molecule has 0 spiro atoms. The van der Waals surface area contributed by atoms with Gasteiger partial charge < -0.3 is 15.2 Å². The Labute approximate surface area is 218 Å². The van der Waals surface area contributed by atoms with E-state index < -0.39 is 11.2 Å². The number of hydrogen-bond acceptors (Lipinski definition) is 5. The van der Waals surface area contributed by atoms with Crippen molar-refractivity contribution in [2.75, 3.05) is 11.6 Å². The highest BCUT2D eigenvalue weighted by atomic mass is 32.2. The highest BCUT2D eigenvalue weighted by Crippen LogP contribution is 2.24. The van der Waals surface area contributed by atoms with E-state index in [0.717, 1.165) is 32.8 Å². The monoisotopic (exact) mass is 509 g/mol. The molecule has 0 fully saturated rings. The molecule has 3 aromatic carbocycles. The van der Waals surface area contributed by atoms with Gasteiger partial charge in [-0.15, -0.1) is 5.10 Å². The van der Waals surface area contributed by atoms with Gasteiger partial charge in [-0.1, -0.05) is 42.0 Å². The summed E-state index contributed by atoms with van der Waals surface area (Å²) in [6, 6.07) is 25.2. The van der Waals surface area contributed by atoms with Crippen LogP contribution in [0.3, 0.4) is 0 Å². The quantitative estimate of drug-likeness (QED) is 0.286. The van der Waals surface area contributed by atoms with E-state index in [2.05, 4.69) is 20.7 Å². The fourth-order valence-electron chi connectivity index (χ4n) is 3.99. The normalized spacial score (nSPS) is 11.9. The summed E-state index contributed by atoms with van der Waals surface area (Å²) in [5.74, 6) is 0.370. The number of fused-ring (bicyclic) bond motifs is 1. The van der Waals surface area contributed by atoms with E-state index in [0.29, 0.717) is 23.7 Å². The van der Waals surface area contributed by atoms with Crippen LogP contribution in [0.4, 0.5) is 11.6 Å². The first kappa shape index (κ1) is 24.5. The standard InChI is InChI=1S/C29H27N5O2S/c1-19-4-6-21(7-5-19)17-30-28(35)23-10-8-22(9-11-23)24-12-15-27-32-29(33-34(27)18-24)31-26-14-13-25(37(3)36)16-20(26)2/h4-16,18H,17H2,1-3H3,(H,30,35)(H,31,33). The zero-order chi connectivity index (χ0) is 25.9. The fraction of sp³-hybridized carbons (Fsp3) is 0.138. The second-order valence-electron chi connectivity index (χ2n) is 8.96. The number of benzene rings is 3. The number of aromatic nitrogens is 3. The van der Waals surface area contributed by atoms with E-state index >= 15 is 0 Å². The number of carbonyl (C=O) groups excluding carboxylic acids is 1. The number of nitrogens with one attached hydrogen (secondary N) is 2. The van der Waals surface area contributed by atoms with E-state index in [4.69, 9.17) is 0 Å². The van der Waals surface area contributed by atoms with Crippen molar-refractivity contribution in [1.82, 2.24) is 19.9 Å². The number of rotatable bonds is 7. The molecule has 1 unspecified atom stereocenters. The summed E-state index contributed by atoms with van der Waals surface area (Å²) in [4.78, 5) is 17.9. The second kappa shape index (κ2) is 10.5. The maximum Gasteiger partial charge on any atom is 0.251 e. The van der Waals surface area contributed by atoms with Crippen LogP contribution in [-0.2, 0) is 17.7 Å². The van der Waals surface area contributed by atoms with Crippen molar-refractivity contribution in [2.45, 2.75) is 25.3 Å². The molecule has 37 heavy (non-hydrogen) atoms. The van der Waals surface area contributed by atoms with E-state index in [1.165, 1.54) is 5.56 Å². The molecule has 2 heterocycles. The van der Waals surface area contributed by atoms with Gasteiger partial charge >= 0.3 is 0 Å². The van der Waals surface area contributed by atoms with Gasteiger partial charge in [0, 0.05) is 29.6 Å². The second-order valence-corrected chi connectivity index (χ2v) is 10.3. The first-order valence-corrected chi connectivity index (χ1v) is 13.4. The number of hydrogen-bond donors (Lipinski definition) is 2. The topological polar surface area (TPSA) is 94.4 Å². The molecule has 186 valence electrons. The average Bonchev–Trinajstić information content (AvgIpc) is 3.31. The zero-order valence-electron chi connectivity index (χ0n) is 20.9. The lowest BCUT2D eigenvalue weighted by Crippen LogP contribution is -2.22. The molecule has 0 aliphatic carbocycles. The lowest BCUT2D eigenvalue weighted by Gasteiger charge is -2.09. The summed E-state index contributed by atoms with van der Waals surface area (Å²) in [5, 5.41) is 10.8. The van der Waals surface area contributed by atoms with Crippen LogP contribution in [0.15, 0.2) is 90.0 Å². The third-order valence-electron chi connectivity index (χ3n) is 6.16. The van der Waals surface area contributed by atoms with Gasteiger partial charge in [0.05, 0.1) is 0 Å². The van der Waals surface area contributed by atoms with Crippen LogP contribution >= 0.6 is 0 Å². The third-order valence-corrected chi connectivity index (χ3v) is 7.08. The van der Waals surface area contributed by atoms with Crippen molar-refractivity contribution in [3.63, 3.8) is 0 Å². The van der Waals surface area contributed by atoms with E-state index in [1.54, 1.807) is 10.8 Å². The maximum absolute atomic E-state index is 12.6. The number of amides is 1. The lowest BCUT2D eigenvalue weighted by atomic mass is 10.1. The molecule has 1 atom stereocenters. The van der Waals surface area contributed by atoms with Crippen molar-refractivity contribution in [3.8, 4) is 11.1 Å². The molecular weight excluding hydrogens is 482 g/mol. The molecule has 7 nitrogen and oxygen atoms in total. The molecule has 0 saturated heterocycles. The van der Waals surface area contributed by atoms with Gasteiger partial charge in [0.15, 0.2) is 10.5 Å². The molecule has 1 amide bonds. The molecule has 5 rings (SSSR count). The number of anilines is 2. The molecule has 2 N–H and O–H groups in total. The van der Waals surface area contributed by atoms with E-state index in [-0.39, 0.29) is 5.91 Å². The van der Waals surface area contributed by atoms with Crippen LogP contribution in [-0.4, -0.2) is 31.3 Å². The first-order chi connectivity index (χ1) is 17.9. The molecule has 8 heteroatoms. The summed E-state index contributed by atoms with van der Waals surface area (Å²) in [6.45, 7) is 4.49. The Morgan fingerprint density at radius 1 is 0.946 bits per heavy atom. The molecular formula is C29H27N5O2S. The largest absolute Gasteiger partial charge is 0.612 e. The molecule has 0 radical (unpaired) electrons. The van der Waals surface area contributed by atoms with Crippen LogP contribution in [0.25, 0.3) is 16.8 Å². The number of pyridine rings is 1. The van der Waals surface area contributed by atoms with Gasteiger partial charge in [0.1, 0.15) is 6.26 Å². The SMILES string of the molecule is Cc1ccc(CNC(=O)c2ccc(-c3ccc4nc(Nc5ccc([S+](C)[O-])cc5C)nn4c3)cc2)cc1. The molecule has 0 aliphatic heterocycles. The summed E-state index contributed by atoms with van der Waals surface area (Å²) in [7, 11) is 0. The molecule has 0 aliphatic rings. The van der Waals surface area contributed by atoms with Gasteiger partial charge in [-0.2, -0.15) is 4.98 Å². The Hall–Kier alpha value is -4.14. The lowest BCUT2D eigenvalue weighted by molar-refractivity contribution is 0.0951. The average molecular weight is 510 g/mol. The summed E-state index contributed by atoms with van der Waals surface area (Å²) in [6.07, 6.45) is 3.58. The Balaban J connectivity index is 1.28. The van der Waals surface area contributed by atoms with E-state index in [1.807, 2.05) is 98.9 Å². The highest BCUT2D eigenvalue weighted by molar-refractivity contribution is 7.90. The number of aryl methyl sites for hydroxylation is 2. The maximum atomic E-state index is 12.6. The predicted octanol–water partition coefficient (Wildman–Crippen LogP) is 5.42. The number of carbonyl (C=O) groups is 1. The van der Waals surface area contributed by atoms with Crippen molar-refractivity contribution >= 4 is 34.4 Å². The van der Waals surface area contributed by atoms with Crippen LogP contribution < -0.4 is 10.6 Å². The van der Waals surface area contributed by atoms with Crippen molar-refractivity contribution in [2.24, 2.45) is 0 Å². The van der Waals surface area contributed by atoms with E-state index in [9.17, 15) is 9.35 Å². The molecule has 0 bridgehead atoms. The minimum atomic E-state index is -1.03. The predicted molar refractivity (Wildman–Crippen MR) is 148 cm³/mol. The van der Waals surface area contributed by atoms with Gasteiger partial charge in [0.25, 0.3) is 5.91 Å². The van der Waals surface area contributed by atoms with Gasteiger partial charge in [-0.05, 0) is 84.2 Å². The fourth-order valence-corrected chi connectivity index (χ4v) is 4.59. The summed E-state index contributed by atoms with van der Waals surface area (Å²) < 4.78 is 13.4. The smallest absolute Gasteiger partial charge is 0.251 e. The van der Waals surface area contributed by atoms with Gasteiger partial charge in [-0.25, -0.2) is 4.52 Å². The zero-order valence-corrected chi connectivity index (χ0v) is 21.7. The van der Waals surface area contributed by atoms with Crippen molar-refractivity contribution in [3.05, 3.63) is 107 Å². The van der Waals surface area contributed by atoms with Crippen LogP contribution in [0.2, 0.25) is 0 Å². The molecule has 5 aromatic rings. The minimum Gasteiger partial charge on any atom is -0.612 e. The highest BCUT2D eigenvalue weighted by Gasteiger charge is 2.11. The summed E-state index contributed by atoms with van der Waals surface area (Å²) in [5.41, 5.74) is 7.34. The van der Waals surface area contributed by atoms with Gasteiger partial charge in [-0.3, -0.25) is 4.79 Å².